The van der Waals surface area contributed by atoms with Crippen LogP contribution >= 0.6 is 0 Å². The standard InChI is InChI=1S/C14H31N3/c1-3-17(4-2)11-10-16-14(12-15)13-8-6-5-7-9-13/h13-14,16H,3-12,15H2,1-2H3. The van der Waals surface area contributed by atoms with Crippen molar-refractivity contribution in [2.45, 2.75) is 52.0 Å². The lowest BCUT2D eigenvalue weighted by molar-refractivity contribution is 0.250. The van der Waals surface area contributed by atoms with E-state index < -0.39 is 0 Å². The Morgan fingerprint density at radius 3 is 2.35 bits per heavy atom. The van der Waals surface area contributed by atoms with Gasteiger partial charge in [-0.05, 0) is 31.8 Å². The number of likely N-dealkylation sites (N-methyl/N-ethyl adjacent to an activating group) is 1. The Morgan fingerprint density at radius 1 is 1.18 bits per heavy atom. The third-order valence-corrected chi connectivity index (χ3v) is 4.20. The maximum atomic E-state index is 5.91. The van der Waals surface area contributed by atoms with Crippen LogP contribution in [0.4, 0.5) is 0 Å². The van der Waals surface area contributed by atoms with E-state index in [-0.39, 0.29) is 0 Å². The summed E-state index contributed by atoms with van der Waals surface area (Å²) in [6, 6.07) is 0.547. The Bertz CT molecular complexity index is 174. The van der Waals surface area contributed by atoms with Gasteiger partial charge in [-0.3, -0.25) is 0 Å². The second-order valence-electron chi connectivity index (χ2n) is 5.22. The number of nitrogens with one attached hydrogen (secondary N) is 1. The molecular weight excluding hydrogens is 210 g/mol. The lowest BCUT2D eigenvalue weighted by Gasteiger charge is -2.31. The van der Waals surface area contributed by atoms with Crippen LogP contribution in [-0.2, 0) is 0 Å². The van der Waals surface area contributed by atoms with Gasteiger partial charge in [0.1, 0.15) is 0 Å². The van der Waals surface area contributed by atoms with Gasteiger partial charge in [0.25, 0.3) is 0 Å². The molecule has 102 valence electrons. The molecule has 1 atom stereocenters. The predicted molar refractivity (Wildman–Crippen MR) is 75.2 cm³/mol. The predicted octanol–water partition coefficient (Wildman–Crippen LogP) is 1.83. The Hall–Kier alpha value is -0.120. The minimum atomic E-state index is 0.547. The van der Waals surface area contributed by atoms with Crippen molar-refractivity contribution in [3.05, 3.63) is 0 Å². The van der Waals surface area contributed by atoms with Crippen LogP contribution in [0.15, 0.2) is 0 Å². The maximum Gasteiger partial charge on any atom is 0.0219 e. The van der Waals surface area contributed by atoms with Gasteiger partial charge in [-0.25, -0.2) is 0 Å². The minimum Gasteiger partial charge on any atom is -0.329 e. The van der Waals surface area contributed by atoms with Crippen molar-refractivity contribution in [2.75, 3.05) is 32.7 Å². The molecule has 0 bridgehead atoms. The summed E-state index contributed by atoms with van der Waals surface area (Å²) in [7, 11) is 0. The molecule has 0 aromatic heterocycles. The van der Waals surface area contributed by atoms with Crippen molar-refractivity contribution in [3.8, 4) is 0 Å². The Balaban J connectivity index is 2.21. The van der Waals surface area contributed by atoms with Gasteiger partial charge >= 0.3 is 0 Å². The molecule has 3 heteroatoms. The van der Waals surface area contributed by atoms with Crippen molar-refractivity contribution >= 4 is 0 Å². The normalized spacial score (nSPS) is 19.8. The second-order valence-corrected chi connectivity index (χ2v) is 5.22. The summed E-state index contributed by atoms with van der Waals surface area (Å²) in [5.41, 5.74) is 5.91. The van der Waals surface area contributed by atoms with Gasteiger partial charge in [-0.1, -0.05) is 33.1 Å². The molecule has 0 radical (unpaired) electrons. The highest BCUT2D eigenvalue weighted by Gasteiger charge is 2.21. The highest BCUT2D eigenvalue weighted by Crippen LogP contribution is 2.25. The number of hydrogen-bond donors (Lipinski definition) is 2. The SMILES string of the molecule is CCN(CC)CCNC(CN)C1CCCCC1. The summed E-state index contributed by atoms with van der Waals surface area (Å²) in [5.74, 6) is 0.824. The van der Waals surface area contributed by atoms with Crippen LogP contribution in [0.5, 0.6) is 0 Å². The quantitative estimate of drug-likeness (QED) is 0.681. The Kier molecular flexibility index (Phi) is 7.82. The van der Waals surface area contributed by atoms with Gasteiger partial charge < -0.3 is 16.0 Å². The summed E-state index contributed by atoms with van der Waals surface area (Å²) >= 11 is 0. The maximum absolute atomic E-state index is 5.91. The van der Waals surface area contributed by atoms with Crippen molar-refractivity contribution in [1.82, 2.24) is 10.2 Å². The topological polar surface area (TPSA) is 41.3 Å². The van der Waals surface area contributed by atoms with E-state index in [2.05, 4.69) is 24.1 Å². The Labute approximate surface area is 107 Å². The smallest absolute Gasteiger partial charge is 0.0219 e. The average molecular weight is 241 g/mol. The molecule has 17 heavy (non-hydrogen) atoms. The van der Waals surface area contributed by atoms with E-state index in [1.54, 1.807) is 0 Å². The van der Waals surface area contributed by atoms with Crippen LogP contribution in [0, 0.1) is 5.92 Å². The monoisotopic (exact) mass is 241 g/mol. The number of nitrogens with zero attached hydrogens (tertiary/aromatic N) is 1. The summed E-state index contributed by atoms with van der Waals surface area (Å²) in [6.07, 6.45) is 6.98. The molecule has 3 N–H and O–H groups in total. The molecule has 1 aliphatic rings. The summed E-state index contributed by atoms with van der Waals surface area (Å²) < 4.78 is 0. The number of hydrogen-bond acceptors (Lipinski definition) is 3. The van der Waals surface area contributed by atoms with E-state index in [0.29, 0.717) is 6.04 Å². The first-order chi connectivity index (χ1) is 8.31. The van der Waals surface area contributed by atoms with Crippen LogP contribution in [-0.4, -0.2) is 43.7 Å². The average Bonchev–Trinajstić information content (AvgIpc) is 2.40. The fourth-order valence-corrected chi connectivity index (χ4v) is 2.93. The molecule has 0 spiro atoms. The lowest BCUT2D eigenvalue weighted by atomic mass is 9.84. The van der Waals surface area contributed by atoms with E-state index in [1.807, 2.05) is 0 Å². The molecule has 0 saturated heterocycles. The molecule has 0 heterocycles. The molecule has 0 amide bonds. The van der Waals surface area contributed by atoms with Crippen LogP contribution in [0.3, 0.4) is 0 Å². The zero-order valence-electron chi connectivity index (χ0n) is 11.8. The van der Waals surface area contributed by atoms with Crippen LogP contribution in [0.1, 0.15) is 46.0 Å². The molecule has 1 saturated carbocycles. The van der Waals surface area contributed by atoms with E-state index in [4.69, 9.17) is 5.73 Å². The zero-order chi connectivity index (χ0) is 12.5. The van der Waals surface area contributed by atoms with Gasteiger partial charge in [0.2, 0.25) is 0 Å². The van der Waals surface area contributed by atoms with Crippen molar-refractivity contribution < 1.29 is 0 Å². The third-order valence-electron chi connectivity index (χ3n) is 4.20. The minimum absolute atomic E-state index is 0.547. The molecular formula is C14H31N3. The van der Waals surface area contributed by atoms with Gasteiger partial charge in [0.15, 0.2) is 0 Å². The highest BCUT2D eigenvalue weighted by molar-refractivity contribution is 4.80. The fourth-order valence-electron chi connectivity index (χ4n) is 2.93. The Morgan fingerprint density at radius 2 is 1.82 bits per heavy atom. The van der Waals surface area contributed by atoms with E-state index in [0.717, 1.165) is 38.6 Å². The first kappa shape index (κ1) is 14.9. The van der Waals surface area contributed by atoms with E-state index in [1.165, 1.54) is 32.1 Å². The van der Waals surface area contributed by atoms with Gasteiger partial charge in [-0.2, -0.15) is 0 Å². The molecule has 1 aliphatic carbocycles. The van der Waals surface area contributed by atoms with Crippen molar-refractivity contribution in [2.24, 2.45) is 11.7 Å². The van der Waals surface area contributed by atoms with Crippen molar-refractivity contribution in [3.63, 3.8) is 0 Å². The summed E-state index contributed by atoms with van der Waals surface area (Å²) in [4.78, 5) is 2.46. The largest absolute Gasteiger partial charge is 0.329 e. The first-order valence-corrected chi connectivity index (χ1v) is 7.47. The first-order valence-electron chi connectivity index (χ1n) is 7.47. The van der Waals surface area contributed by atoms with E-state index in [9.17, 15) is 0 Å². The van der Waals surface area contributed by atoms with Gasteiger partial charge in [0, 0.05) is 25.7 Å². The van der Waals surface area contributed by atoms with Crippen molar-refractivity contribution in [1.29, 1.82) is 0 Å². The molecule has 0 aliphatic heterocycles. The molecule has 1 rings (SSSR count). The summed E-state index contributed by atoms with van der Waals surface area (Å²) in [5, 5.41) is 3.67. The molecule has 0 aromatic rings. The van der Waals surface area contributed by atoms with Crippen LogP contribution in [0.25, 0.3) is 0 Å². The highest BCUT2D eigenvalue weighted by atomic mass is 15.1. The van der Waals surface area contributed by atoms with Crippen LogP contribution in [0.2, 0.25) is 0 Å². The fraction of sp³-hybridized carbons (Fsp3) is 1.00. The summed E-state index contributed by atoms with van der Waals surface area (Å²) in [6.45, 7) is 9.78. The third kappa shape index (κ3) is 5.36. The van der Waals surface area contributed by atoms with E-state index >= 15 is 0 Å². The van der Waals surface area contributed by atoms with Crippen LogP contribution < -0.4 is 11.1 Å². The molecule has 3 nitrogen and oxygen atoms in total. The van der Waals surface area contributed by atoms with Gasteiger partial charge in [0.05, 0.1) is 0 Å². The second kappa shape index (κ2) is 8.90. The lowest BCUT2D eigenvalue weighted by Crippen LogP contribution is -2.45. The zero-order valence-corrected chi connectivity index (χ0v) is 11.8. The van der Waals surface area contributed by atoms with Gasteiger partial charge in [-0.15, -0.1) is 0 Å². The molecule has 1 fully saturated rings. The number of rotatable bonds is 8. The number of nitrogens with two attached hydrogens (primary N) is 1. The molecule has 1 unspecified atom stereocenters. The molecule has 0 aromatic carbocycles.